The maximum absolute atomic E-state index is 8.95. The Balaban J connectivity index is 0.000000101. The minimum atomic E-state index is -0.496. The Morgan fingerprint density at radius 1 is 0.226 bits per heavy atom. The molecule has 10 aromatic heterocycles. The van der Waals surface area contributed by atoms with Gasteiger partial charge in [-0.25, -0.2) is 15.0 Å². The third-order valence-electron chi connectivity index (χ3n) is 28.2. The molecule has 0 N–H and O–H groups in total. The van der Waals surface area contributed by atoms with Crippen molar-refractivity contribution >= 4 is 273 Å². The quantitative estimate of drug-likeness (QED) is 0.155. The van der Waals surface area contributed by atoms with Crippen LogP contribution in [0.15, 0.2) is 431 Å². The Labute approximate surface area is 802 Å². The van der Waals surface area contributed by atoms with Crippen LogP contribution in [0.2, 0.25) is 0 Å². The molecule has 0 spiro atoms. The predicted octanol–water partition coefficient (Wildman–Crippen LogP) is 34.7. The molecule has 0 saturated carbocycles. The van der Waals surface area contributed by atoms with Crippen LogP contribution in [0.4, 0.5) is 0 Å². The van der Waals surface area contributed by atoms with Gasteiger partial charge in [-0.1, -0.05) is 358 Å². The van der Waals surface area contributed by atoms with Gasteiger partial charge in [0.25, 0.3) is 0 Å². The average Bonchev–Trinajstić information content (AvgIpc) is 1.55. The molecule has 10 heterocycles. The molecule has 22 aromatic carbocycles. The molecule has 0 bridgehead atoms. The molecule has 0 aliphatic carbocycles. The van der Waals surface area contributed by atoms with Gasteiger partial charge in [-0.15, -0.1) is 34.0 Å². The van der Waals surface area contributed by atoms with E-state index in [-0.39, 0.29) is 34.1 Å². The molecule has 0 aliphatic heterocycles. The van der Waals surface area contributed by atoms with Gasteiger partial charge in [-0.2, -0.15) is 9.97 Å². The Kier molecular flexibility index (Phi) is 15.0. The summed E-state index contributed by atoms with van der Waals surface area (Å²) in [6.45, 7) is 0. The molecule has 0 saturated heterocycles. The third kappa shape index (κ3) is 11.1. The number of hydrogen-bond acceptors (Lipinski definition) is 8. The van der Waals surface area contributed by atoms with Gasteiger partial charge < -0.3 is 8.97 Å². The van der Waals surface area contributed by atoms with Crippen LogP contribution in [0, 0.1) is 0 Å². The highest BCUT2D eigenvalue weighted by atomic mass is 32.1. The van der Waals surface area contributed by atoms with Crippen LogP contribution in [-0.2, 0) is 0 Å². The normalized spacial score (nSPS) is 12.9. The lowest BCUT2D eigenvalue weighted by molar-refractivity contribution is 0.955. The van der Waals surface area contributed by atoms with Crippen LogP contribution < -0.4 is 0 Å². The second-order valence-electron chi connectivity index (χ2n) is 35.3. The zero-order chi connectivity index (χ0) is 95.4. The van der Waals surface area contributed by atoms with Gasteiger partial charge in [-0.05, 0) is 110 Å². The predicted molar refractivity (Wildman–Crippen MR) is 583 cm³/mol. The second-order valence-corrected chi connectivity index (χ2v) is 38.4. The molecular formula is C125H71N9S3. The van der Waals surface area contributed by atoms with Gasteiger partial charge in [-0.3, -0.25) is 9.13 Å². The van der Waals surface area contributed by atoms with E-state index in [0.717, 1.165) is 65.5 Å². The summed E-state index contributed by atoms with van der Waals surface area (Å²) in [5.74, 6) is 2.20. The molecule has 0 radical (unpaired) electrons. The minimum absolute atomic E-state index is 0.0120. The van der Waals surface area contributed by atoms with Crippen molar-refractivity contribution in [1.82, 2.24) is 43.0 Å². The first-order valence-corrected chi connectivity index (χ1v) is 48.3. The standard InChI is InChI=1S/C44H24N2S.C41H24N4S.C40H23N3S/c1-2-13-32-28(12-1)40-34(41-33-14-5-8-19-39(33)47-44(32)41)22-21-31-27-11-3-6-17-36(27)45(43(31)40)25-20-23-38-35(24-25)30-16-9-15-29-26-10-4-7-18-37(26)46(38)42(29)30;1-3-13-25(14-4-1)39-42-40(26-15-5-2-6-16-26)44-41(43-39)45-33-21-11-9-17-27(33)29-23-24-32-35(37(29)45)28-18-7-8-19-30(28)38-36(32)31-20-10-12-22-34(31)46-38;1-2-12-25-24(10-1)11-9-17-26(25)33-22-23-41-40(42-33)43-34-18-7-5-13-27(34)29-20-21-32-36(38(29)43)28-14-3-4-15-30(28)39-37(32)31-16-6-8-19-35(31)44-39/h1-24H;1-24H;1-23H/i;;1D,2D,9D,10D,11D,12D,17D. The summed E-state index contributed by atoms with van der Waals surface area (Å²) in [4.78, 5) is 25.2. The Hall–Kier alpha value is -17.4. The van der Waals surface area contributed by atoms with E-state index < -0.39 is 30.2 Å². The van der Waals surface area contributed by atoms with Gasteiger partial charge in [0, 0.05) is 175 Å². The van der Waals surface area contributed by atoms with Crippen molar-refractivity contribution in [2.75, 3.05) is 0 Å². The molecule has 137 heavy (non-hydrogen) atoms. The minimum Gasteiger partial charge on any atom is -0.309 e. The fourth-order valence-corrected chi connectivity index (χ4v) is 26.3. The van der Waals surface area contributed by atoms with Crippen LogP contribution in [0.3, 0.4) is 0 Å². The van der Waals surface area contributed by atoms with Crippen molar-refractivity contribution in [2.45, 2.75) is 0 Å². The van der Waals surface area contributed by atoms with Gasteiger partial charge in [0.2, 0.25) is 11.9 Å². The SMILES string of the molecule is [2H]c1c([2H])c([2H])c2c(-c3ccnc(-n4c5ccccc5c5ccc6c7c8ccccc8sc7c7ccccc7c6c54)n3)c([2H])c([2H])c([2H])c2c1[2H].c1ccc(-c2nc(-c3ccccc3)nc(-n3c4ccccc4c4ccc5c6c7ccccc7sc6c6ccccc6c5c43)n2)cc1.c1ccc2c(c1)sc1c3ccccc3c3c(ccc4c5ccccc5n(-c5ccc6c(c5)c5cccc7c8ccccc8n6c75)c43)c21. The first-order valence-electron chi connectivity index (χ1n) is 49.4. The molecule has 12 heteroatoms. The van der Waals surface area contributed by atoms with E-state index >= 15 is 0 Å². The number of benzene rings is 22. The lowest BCUT2D eigenvalue weighted by atomic mass is 9.95. The van der Waals surface area contributed by atoms with E-state index in [1.807, 2.05) is 81.8 Å². The number of hydrogen-bond donors (Lipinski definition) is 0. The summed E-state index contributed by atoms with van der Waals surface area (Å²) in [5, 5.41) is 34.3. The van der Waals surface area contributed by atoms with Gasteiger partial charge in [0.15, 0.2) is 11.6 Å². The van der Waals surface area contributed by atoms with Crippen molar-refractivity contribution < 1.29 is 9.60 Å². The molecule has 9 nitrogen and oxygen atoms in total. The molecule has 0 fully saturated rings. The van der Waals surface area contributed by atoms with Crippen LogP contribution in [0.25, 0.3) is 291 Å². The molecule has 0 unspecified atom stereocenters. The molecule has 32 aromatic rings. The van der Waals surface area contributed by atoms with Crippen LogP contribution in [-0.4, -0.2) is 43.0 Å². The van der Waals surface area contributed by atoms with Crippen molar-refractivity contribution in [1.29, 1.82) is 0 Å². The Morgan fingerprint density at radius 2 is 0.591 bits per heavy atom. The summed E-state index contributed by atoms with van der Waals surface area (Å²) >= 11 is 5.58. The van der Waals surface area contributed by atoms with Gasteiger partial charge in [0.05, 0.1) is 64.9 Å². The Bertz CT molecular complexity index is 11200. The van der Waals surface area contributed by atoms with Gasteiger partial charge in [0.1, 0.15) is 0 Å². The summed E-state index contributed by atoms with van der Waals surface area (Å²) in [6, 6.07) is 133. The smallest absolute Gasteiger partial charge is 0.238 e. The molecule has 0 amide bonds. The number of para-hydroxylation sites is 5. The van der Waals surface area contributed by atoms with Crippen molar-refractivity contribution in [3.63, 3.8) is 0 Å². The monoisotopic (exact) mass is 1800 g/mol. The summed E-state index contributed by atoms with van der Waals surface area (Å²) in [5.41, 5.74) is 13.7. The number of fused-ring (bicyclic) bond motifs is 43. The summed E-state index contributed by atoms with van der Waals surface area (Å²) < 4.78 is 77.2. The van der Waals surface area contributed by atoms with Crippen molar-refractivity contribution in [3.8, 4) is 51.6 Å². The Morgan fingerprint density at radius 3 is 1.09 bits per heavy atom. The largest absolute Gasteiger partial charge is 0.309 e. The number of thiophene rings is 3. The van der Waals surface area contributed by atoms with E-state index in [0.29, 0.717) is 23.5 Å². The zero-order valence-corrected chi connectivity index (χ0v) is 75.1. The van der Waals surface area contributed by atoms with E-state index in [1.54, 1.807) is 23.6 Å². The number of aromatic nitrogens is 9. The number of nitrogens with zero attached hydrogens (tertiary/aromatic N) is 9. The fourth-order valence-electron chi connectivity index (χ4n) is 22.6. The summed E-state index contributed by atoms with van der Waals surface area (Å²) in [7, 11) is 0. The van der Waals surface area contributed by atoms with Crippen LogP contribution in [0.1, 0.15) is 9.60 Å². The molecular weight excluding hydrogens is 1720 g/mol. The second kappa shape index (κ2) is 29.6. The first-order chi connectivity index (χ1) is 70.9. The topological polar surface area (TPSA) is 83.7 Å². The highest BCUT2D eigenvalue weighted by molar-refractivity contribution is 7.28. The van der Waals surface area contributed by atoms with Crippen molar-refractivity contribution in [3.05, 3.63) is 431 Å². The first kappa shape index (κ1) is 69.5. The fraction of sp³-hybridized carbons (Fsp3) is 0. The third-order valence-corrected chi connectivity index (χ3v) is 31.8. The molecule has 634 valence electrons. The molecule has 0 aliphatic rings. The van der Waals surface area contributed by atoms with E-state index in [2.05, 4.69) is 335 Å². The summed E-state index contributed by atoms with van der Waals surface area (Å²) in [6.07, 6.45) is 1.57. The zero-order valence-electron chi connectivity index (χ0n) is 79.7. The molecule has 0 atom stereocenters. The van der Waals surface area contributed by atoms with Crippen LogP contribution in [0.5, 0.6) is 0 Å². The van der Waals surface area contributed by atoms with Crippen molar-refractivity contribution in [2.24, 2.45) is 0 Å². The highest BCUT2D eigenvalue weighted by Crippen LogP contribution is 2.54. The van der Waals surface area contributed by atoms with Gasteiger partial charge >= 0.3 is 0 Å². The van der Waals surface area contributed by atoms with Crippen LogP contribution >= 0.6 is 34.0 Å². The lowest BCUT2D eigenvalue weighted by Crippen LogP contribution is -2.06. The van der Waals surface area contributed by atoms with E-state index in [9.17, 15) is 0 Å². The maximum Gasteiger partial charge on any atom is 0.238 e. The molecule has 32 rings (SSSR count). The number of rotatable bonds is 6. The maximum atomic E-state index is 8.95. The highest BCUT2D eigenvalue weighted by Gasteiger charge is 2.29. The van der Waals surface area contributed by atoms with E-state index in [1.165, 1.54) is 180 Å². The average molecular weight is 1800 g/mol. The lowest BCUT2D eigenvalue weighted by Gasteiger charge is -2.14. The van der Waals surface area contributed by atoms with E-state index in [4.69, 9.17) is 34.5 Å².